The van der Waals surface area contributed by atoms with Crippen molar-refractivity contribution < 1.29 is 4.74 Å². The van der Waals surface area contributed by atoms with E-state index in [9.17, 15) is 0 Å². The third kappa shape index (κ3) is 7.02. The predicted octanol–water partition coefficient (Wildman–Crippen LogP) is 2.27. The lowest BCUT2D eigenvalue weighted by atomic mass is 10.1. The van der Waals surface area contributed by atoms with Gasteiger partial charge in [0, 0.05) is 19.2 Å². The Balaban J connectivity index is 1.98. The minimum atomic E-state index is 0.491. The van der Waals surface area contributed by atoms with Gasteiger partial charge in [-0.15, -0.1) is 0 Å². The Morgan fingerprint density at radius 2 is 2.18 bits per heavy atom. The zero-order valence-corrected chi connectivity index (χ0v) is 11.9. The summed E-state index contributed by atoms with van der Waals surface area (Å²) in [6, 6.07) is 0.655. The second-order valence-electron chi connectivity index (χ2n) is 5.44. The molecule has 0 spiro atoms. The van der Waals surface area contributed by atoms with Crippen LogP contribution in [-0.4, -0.2) is 50.8 Å². The Morgan fingerprint density at radius 1 is 1.35 bits per heavy atom. The van der Waals surface area contributed by atoms with E-state index in [4.69, 9.17) is 4.74 Å². The van der Waals surface area contributed by atoms with Crippen molar-refractivity contribution in [1.82, 2.24) is 10.2 Å². The van der Waals surface area contributed by atoms with Crippen LogP contribution in [0.3, 0.4) is 0 Å². The normalized spacial score (nSPS) is 22.9. The molecule has 1 saturated heterocycles. The quantitative estimate of drug-likeness (QED) is 0.661. The van der Waals surface area contributed by atoms with Crippen LogP contribution < -0.4 is 5.32 Å². The molecule has 0 amide bonds. The molecular weight excluding hydrogens is 212 g/mol. The predicted molar refractivity (Wildman–Crippen MR) is 73.5 cm³/mol. The van der Waals surface area contributed by atoms with Gasteiger partial charge in [-0.05, 0) is 59.7 Å². The highest BCUT2D eigenvalue weighted by atomic mass is 16.5. The summed E-state index contributed by atoms with van der Waals surface area (Å²) in [7, 11) is 4.26. The molecule has 2 atom stereocenters. The minimum Gasteiger partial charge on any atom is -0.377 e. The standard InChI is InChI=1S/C14H30N2O/c1-13(15-2)8-4-6-10-16(3)12-14-9-5-7-11-17-14/h13-15H,4-12H2,1-3H3. The molecule has 3 heteroatoms. The summed E-state index contributed by atoms with van der Waals surface area (Å²) < 4.78 is 5.76. The van der Waals surface area contributed by atoms with Crippen molar-refractivity contribution in [2.24, 2.45) is 0 Å². The topological polar surface area (TPSA) is 24.5 Å². The first kappa shape index (κ1) is 14.9. The lowest BCUT2D eigenvalue weighted by Crippen LogP contribution is -2.34. The molecule has 1 N–H and O–H groups in total. The molecule has 2 unspecified atom stereocenters. The average molecular weight is 242 g/mol. The monoisotopic (exact) mass is 242 g/mol. The Morgan fingerprint density at radius 3 is 2.82 bits per heavy atom. The van der Waals surface area contributed by atoms with Gasteiger partial charge in [0.25, 0.3) is 0 Å². The molecule has 1 aliphatic rings. The highest BCUT2D eigenvalue weighted by Crippen LogP contribution is 2.13. The van der Waals surface area contributed by atoms with Crippen molar-refractivity contribution in [3.05, 3.63) is 0 Å². The highest BCUT2D eigenvalue weighted by molar-refractivity contribution is 4.68. The molecule has 0 aliphatic carbocycles. The number of hydrogen-bond donors (Lipinski definition) is 1. The van der Waals surface area contributed by atoms with E-state index in [0.29, 0.717) is 12.1 Å². The van der Waals surface area contributed by atoms with E-state index >= 15 is 0 Å². The highest BCUT2D eigenvalue weighted by Gasteiger charge is 2.15. The van der Waals surface area contributed by atoms with Crippen molar-refractivity contribution in [2.75, 3.05) is 33.8 Å². The van der Waals surface area contributed by atoms with E-state index in [1.807, 2.05) is 7.05 Å². The molecule has 3 nitrogen and oxygen atoms in total. The summed E-state index contributed by atoms with van der Waals surface area (Å²) >= 11 is 0. The van der Waals surface area contributed by atoms with Gasteiger partial charge in [-0.1, -0.05) is 6.42 Å². The average Bonchev–Trinajstić information content (AvgIpc) is 2.35. The molecule has 1 rings (SSSR count). The van der Waals surface area contributed by atoms with Crippen molar-refractivity contribution >= 4 is 0 Å². The smallest absolute Gasteiger partial charge is 0.0701 e. The zero-order valence-electron chi connectivity index (χ0n) is 11.9. The van der Waals surface area contributed by atoms with Crippen molar-refractivity contribution in [3.63, 3.8) is 0 Å². The van der Waals surface area contributed by atoms with Gasteiger partial charge < -0.3 is 15.0 Å². The fourth-order valence-electron chi connectivity index (χ4n) is 2.37. The molecule has 1 heterocycles. The molecule has 0 aromatic rings. The number of hydrogen-bond acceptors (Lipinski definition) is 3. The minimum absolute atomic E-state index is 0.491. The number of unbranched alkanes of at least 4 members (excludes halogenated alkanes) is 1. The van der Waals surface area contributed by atoms with Crippen LogP contribution in [0, 0.1) is 0 Å². The SMILES string of the molecule is CNC(C)CCCCN(C)CC1CCCCO1. The molecule has 1 fully saturated rings. The summed E-state index contributed by atoms with van der Waals surface area (Å²) in [6.07, 6.45) is 8.24. The maximum absolute atomic E-state index is 5.76. The number of likely N-dealkylation sites (N-methyl/N-ethyl adjacent to an activating group) is 1. The van der Waals surface area contributed by atoms with Gasteiger partial charge in [-0.2, -0.15) is 0 Å². The molecule has 0 radical (unpaired) electrons. The number of nitrogens with one attached hydrogen (secondary N) is 1. The zero-order chi connectivity index (χ0) is 12.5. The lowest BCUT2D eigenvalue weighted by Gasteiger charge is -2.27. The van der Waals surface area contributed by atoms with Crippen LogP contribution in [0.15, 0.2) is 0 Å². The summed E-state index contributed by atoms with van der Waals surface area (Å²) in [6.45, 7) is 5.54. The van der Waals surface area contributed by atoms with E-state index < -0.39 is 0 Å². The Hall–Kier alpha value is -0.120. The van der Waals surface area contributed by atoms with Crippen molar-refractivity contribution in [3.8, 4) is 0 Å². The van der Waals surface area contributed by atoms with Crippen LogP contribution in [0.25, 0.3) is 0 Å². The Kier molecular flexibility index (Phi) is 7.82. The van der Waals surface area contributed by atoms with Crippen molar-refractivity contribution in [2.45, 2.75) is 57.6 Å². The third-order valence-corrected chi connectivity index (χ3v) is 3.71. The van der Waals surface area contributed by atoms with Gasteiger partial charge in [0.05, 0.1) is 6.10 Å². The van der Waals surface area contributed by atoms with E-state index in [-0.39, 0.29) is 0 Å². The van der Waals surface area contributed by atoms with E-state index in [2.05, 4.69) is 24.2 Å². The maximum Gasteiger partial charge on any atom is 0.0701 e. The van der Waals surface area contributed by atoms with Gasteiger partial charge >= 0.3 is 0 Å². The number of nitrogens with zero attached hydrogens (tertiary/aromatic N) is 1. The van der Waals surface area contributed by atoms with Crippen LogP contribution in [0.1, 0.15) is 45.4 Å². The fraction of sp³-hybridized carbons (Fsp3) is 1.00. The third-order valence-electron chi connectivity index (χ3n) is 3.71. The second-order valence-corrected chi connectivity index (χ2v) is 5.44. The van der Waals surface area contributed by atoms with Gasteiger partial charge in [-0.25, -0.2) is 0 Å². The van der Waals surface area contributed by atoms with Crippen LogP contribution in [0.4, 0.5) is 0 Å². The van der Waals surface area contributed by atoms with Gasteiger partial charge in [0.2, 0.25) is 0 Å². The van der Waals surface area contributed by atoms with Gasteiger partial charge in [0.15, 0.2) is 0 Å². The number of ether oxygens (including phenoxy) is 1. The lowest BCUT2D eigenvalue weighted by molar-refractivity contribution is -0.00162. The van der Waals surface area contributed by atoms with Crippen molar-refractivity contribution in [1.29, 1.82) is 0 Å². The summed E-state index contributed by atoms with van der Waals surface area (Å²) in [5, 5.41) is 3.29. The fourth-order valence-corrected chi connectivity index (χ4v) is 2.37. The van der Waals surface area contributed by atoms with E-state index in [1.165, 1.54) is 45.1 Å². The Bertz CT molecular complexity index is 181. The molecule has 0 saturated carbocycles. The van der Waals surface area contributed by atoms with Crippen LogP contribution >= 0.6 is 0 Å². The Labute approximate surface area is 107 Å². The first-order chi connectivity index (χ1) is 8.22. The molecule has 102 valence electrons. The summed E-state index contributed by atoms with van der Waals surface area (Å²) in [5.74, 6) is 0. The van der Waals surface area contributed by atoms with E-state index in [1.54, 1.807) is 0 Å². The van der Waals surface area contributed by atoms with Crippen LogP contribution in [0.5, 0.6) is 0 Å². The van der Waals surface area contributed by atoms with Gasteiger partial charge in [-0.3, -0.25) is 0 Å². The van der Waals surface area contributed by atoms with Crippen LogP contribution in [0.2, 0.25) is 0 Å². The summed E-state index contributed by atoms with van der Waals surface area (Å²) in [5.41, 5.74) is 0. The summed E-state index contributed by atoms with van der Waals surface area (Å²) in [4.78, 5) is 2.43. The van der Waals surface area contributed by atoms with Crippen LogP contribution in [-0.2, 0) is 4.74 Å². The molecule has 0 bridgehead atoms. The number of rotatable bonds is 8. The van der Waals surface area contributed by atoms with Gasteiger partial charge in [0.1, 0.15) is 0 Å². The maximum atomic E-state index is 5.76. The second kappa shape index (κ2) is 8.90. The molecule has 0 aromatic carbocycles. The molecular formula is C14H30N2O. The largest absolute Gasteiger partial charge is 0.377 e. The first-order valence-electron chi connectivity index (χ1n) is 7.19. The molecule has 17 heavy (non-hydrogen) atoms. The molecule has 1 aliphatic heterocycles. The molecule has 0 aromatic heterocycles. The van der Waals surface area contributed by atoms with E-state index in [0.717, 1.165) is 13.2 Å². The first-order valence-corrected chi connectivity index (χ1v) is 7.19.